The van der Waals surface area contributed by atoms with Crippen LogP contribution in [0, 0.1) is 11.3 Å². The maximum Gasteiger partial charge on any atom is 0.175 e. The summed E-state index contributed by atoms with van der Waals surface area (Å²) in [6.07, 6.45) is 6.15. The zero-order chi connectivity index (χ0) is 23.5. The van der Waals surface area contributed by atoms with Gasteiger partial charge in [0.1, 0.15) is 17.7 Å². The van der Waals surface area contributed by atoms with Crippen LogP contribution in [0.15, 0.2) is 64.1 Å². The van der Waals surface area contributed by atoms with Gasteiger partial charge >= 0.3 is 0 Å². The van der Waals surface area contributed by atoms with Gasteiger partial charge in [-0.1, -0.05) is 42.5 Å². The number of halogens is 1. The quantitative estimate of drug-likeness (QED) is 0.239. The molecule has 5 rings (SSSR count). The number of hydrogen-bond donors (Lipinski definition) is 0. The molecule has 0 spiro atoms. The topological polar surface area (TPSA) is 54.6 Å². The van der Waals surface area contributed by atoms with Crippen molar-refractivity contribution in [3.63, 3.8) is 0 Å². The number of aryl methyl sites for hydroxylation is 1. The van der Waals surface area contributed by atoms with Gasteiger partial charge in [-0.2, -0.15) is 5.26 Å². The molecule has 6 heteroatoms. The number of thiophene rings is 1. The Bertz CT molecular complexity index is 1430. The number of methoxy groups -OCH3 is 1. The number of nitriles is 1. The highest BCUT2D eigenvalue weighted by Gasteiger charge is 2.20. The molecular formula is C28H23BrN2O2S. The van der Waals surface area contributed by atoms with Crippen molar-refractivity contribution < 1.29 is 9.47 Å². The van der Waals surface area contributed by atoms with E-state index in [-0.39, 0.29) is 0 Å². The zero-order valence-electron chi connectivity index (χ0n) is 18.8. The third-order valence-electron chi connectivity index (χ3n) is 6.10. The molecule has 4 nitrogen and oxygen atoms in total. The number of nitrogens with zero attached hydrogens (tertiary/aromatic N) is 2. The van der Waals surface area contributed by atoms with Crippen LogP contribution in [0.3, 0.4) is 0 Å². The van der Waals surface area contributed by atoms with E-state index in [4.69, 9.17) is 9.47 Å². The fourth-order valence-electron chi connectivity index (χ4n) is 4.41. The van der Waals surface area contributed by atoms with Crippen LogP contribution in [0.4, 0.5) is 5.00 Å². The molecule has 0 aliphatic heterocycles. The summed E-state index contributed by atoms with van der Waals surface area (Å²) in [6, 6.07) is 20.8. The zero-order valence-corrected chi connectivity index (χ0v) is 21.2. The molecule has 0 bridgehead atoms. The van der Waals surface area contributed by atoms with Crippen LogP contribution < -0.4 is 9.47 Å². The van der Waals surface area contributed by atoms with Crippen molar-refractivity contribution in [1.82, 2.24) is 0 Å². The lowest BCUT2D eigenvalue weighted by Crippen LogP contribution is -2.00. The molecule has 0 unspecified atom stereocenters. The summed E-state index contributed by atoms with van der Waals surface area (Å²) in [5.41, 5.74) is 3.92. The van der Waals surface area contributed by atoms with Gasteiger partial charge in [-0.15, -0.1) is 11.3 Å². The summed E-state index contributed by atoms with van der Waals surface area (Å²) in [4.78, 5) is 5.99. The maximum atomic E-state index is 9.68. The second-order valence-corrected chi connectivity index (χ2v) is 10.2. The van der Waals surface area contributed by atoms with Crippen LogP contribution >= 0.6 is 27.3 Å². The van der Waals surface area contributed by atoms with Gasteiger partial charge in [-0.3, -0.25) is 0 Å². The highest BCUT2D eigenvalue weighted by molar-refractivity contribution is 9.10. The molecule has 0 saturated heterocycles. The third kappa shape index (κ3) is 4.46. The number of fused-ring (bicyclic) bond motifs is 2. The first-order valence-corrected chi connectivity index (χ1v) is 12.8. The molecule has 3 aromatic carbocycles. The molecule has 4 aromatic rings. The number of hydrogen-bond acceptors (Lipinski definition) is 5. The van der Waals surface area contributed by atoms with Crippen molar-refractivity contribution in [2.45, 2.75) is 32.3 Å². The first-order valence-electron chi connectivity index (χ1n) is 11.2. The second-order valence-electron chi connectivity index (χ2n) is 8.22. The Balaban J connectivity index is 1.40. The predicted octanol–water partition coefficient (Wildman–Crippen LogP) is 7.75. The van der Waals surface area contributed by atoms with Gasteiger partial charge in [-0.25, -0.2) is 4.99 Å². The minimum Gasteiger partial charge on any atom is -0.493 e. The molecule has 0 fully saturated rings. The van der Waals surface area contributed by atoms with Crippen molar-refractivity contribution in [2.75, 3.05) is 7.11 Å². The molecule has 1 heterocycles. The minimum atomic E-state index is 0.427. The lowest BCUT2D eigenvalue weighted by Gasteiger charge is -2.14. The van der Waals surface area contributed by atoms with Gasteiger partial charge < -0.3 is 9.47 Å². The Labute approximate surface area is 211 Å². The van der Waals surface area contributed by atoms with Crippen molar-refractivity contribution in [3.8, 4) is 17.6 Å². The van der Waals surface area contributed by atoms with Crippen LogP contribution in [0.2, 0.25) is 0 Å². The lowest BCUT2D eigenvalue weighted by atomic mass is 9.96. The van der Waals surface area contributed by atoms with Crippen LogP contribution in [0.25, 0.3) is 10.8 Å². The third-order valence-corrected chi connectivity index (χ3v) is 7.89. The van der Waals surface area contributed by atoms with E-state index in [2.05, 4.69) is 51.3 Å². The average Bonchev–Trinajstić information content (AvgIpc) is 3.24. The van der Waals surface area contributed by atoms with E-state index < -0.39 is 0 Å². The molecule has 1 aliphatic carbocycles. The van der Waals surface area contributed by atoms with Crippen molar-refractivity contribution in [1.29, 1.82) is 5.26 Å². The van der Waals surface area contributed by atoms with Crippen molar-refractivity contribution in [3.05, 3.63) is 86.2 Å². The lowest BCUT2D eigenvalue weighted by molar-refractivity contribution is 0.283. The molecule has 0 radical (unpaired) electrons. The van der Waals surface area contributed by atoms with Crippen LogP contribution in [0.1, 0.15) is 40.0 Å². The Hall–Kier alpha value is -3.14. The number of benzene rings is 3. The summed E-state index contributed by atoms with van der Waals surface area (Å²) < 4.78 is 12.6. The van der Waals surface area contributed by atoms with Crippen LogP contribution in [-0.2, 0) is 19.4 Å². The van der Waals surface area contributed by atoms with Crippen LogP contribution in [-0.4, -0.2) is 13.3 Å². The van der Waals surface area contributed by atoms with Gasteiger partial charge in [0.25, 0.3) is 0 Å². The molecule has 1 aromatic heterocycles. The van der Waals surface area contributed by atoms with E-state index in [9.17, 15) is 5.26 Å². The van der Waals surface area contributed by atoms with Crippen molar-refractivity contribution in [2.24, 2.45) is 4.99 Å². The Morgan fingerprint density at radius 3 is 2.79 bits per heavy atom. The van der Waals surface area contributed by atoms with Gasteiger partial charge in [0.2, 0.25) is 0 Å². The highest BCUT2D eigenvalue weighted by atomic mass is 79.9. The van der Waals surface area contributed by atoms with Gasteiger partial charge in [0.05, 0.1) is 17.1 Å². The average molecular weight is 531 g/mol. The van der Waals surface area contributed by atoms with E-state index in [0.29, 0.717) is 18.1 Å². The molecule has 0 atom stereocenters. The smallest absolute Gasteiger partial charge is 0.175 e. The van der Waals surface area contributed by atoms with E-state index in [0.717, 1.165) is 45.4 Å². The standard InChI is InChI=1S/C28H23BrN2O2S/c1-32-25-14-18(16-31-28-23(15-30)22-11-4-5-12-26(22)34-28)13-24(29)27(25)33-17-20-9-6-8-19-7-2-3-10-21(19)20/h2-3,6-10,13-14,16H,4-5,11-12,17H2,1H3. The summed E-state index contributed by atoms with van der Waals surface area (Å²) in [5.74, 6) is 1.28. The molecule has 170 valence electrons. The number of aliphatic imine (C=N–C) groups is 1. The molecule has 0 N–H and O–H groups in total. The molecular weight excluding hydrogens is 508 g/mol. The fraction of sp³-hybridized carbons (Fsp3) is 0.214. The van der Waals surface area contributed by atoms with E-state index in [1.165, 1.54) is 27.6 Å². The molecule has 0 amide bonds. The van der Waals surface area contributed by atoms with Gasteiger partial charge in [0.15, 0.2) is 11.5 Å². The minimum absolute atomic E-state index is 0.427. The molecule has 1 aliphatic rings. The fourth-order valence-corrected chi connectivity index (χ4v) is 6.17. The Morgan fingerprint density at radius 2 is 1.94 bits per heavy atom. The largest absolute Gasteiger partial charge is 0.493 e. The maximum absolute atomic E-state index is 9.68. The Morgan fingerprint density at radius 1 is 1.12 bits per heavy atom. The highest BCUT2D eigenvalue weighted by Crippen LogP contribution is 2.40. The summed E-state index contributed by atoms with van der Waals surface area (Å²) >= 11 is 5.29. The van der Waals surface area contributed by atoms with E-state index in [1.54, 1.807) is 24.7 Å². The monoisotopic (exact) mass is 530 g/mol. The Kier molecular flexibility index (Phi) is 6.66. The van der Waals surface area contributed by atoms with Gasteiger partial charge in [-0.05, 0) is 81.2 Å². The SMILES string of the molecule is COc1cc(C=Nc2sc3c(c2C#N)CCCC3)cc(Br)c1OCc1cccc2ccccc12. The number of ether oxygens (including phenoxy) is 2. The van der Waals surface area contributed by atoms with Crippen molar-refractivity contribution >= 4 is 49.3 Å². The van der Waals surface area contributed by atoms with E-state index in [1.807, 2.05) is 30.3 Å². The first kappa shape index (κ1) is 22.6. The molecule has 34 heavy (non-hydrogen) atoms. The van der Waals surface area contributed by atoms with Gasteiger partial charge in [0, 0.05) is 11.1 Å². The summed E-state index contributed by atoms with van der Waals surface area (Å²) in [7, 11) is 1.63. The predicted molar refractivity (Wildman–Crippen MR) is 142 cm³/mol. The molecule has 0 saturated carbocycles. The summed E-state index contributed by atoms with van der Waals surface area (Å²) in [6.45, 7) is 0.427. The number of rotatable bonds is 6. The summed E-state index contributed by atoms with van der Waals surface area (Å²) in [5, 5.41) is 12.8. The first-order chi connectivity index (χ1) is 16.7. The second kappa shape index (κ2) is 10.0. The van der Waals surface area contributed by atoms with Crippen LogP contribution in [0.5, 0.6) is 11.5 Å². The van der Waals surface area contributed by atoms with E-state index >= 15 is 0 Å². The normalized spacial score (nSPS) is 13.1.